The number of halogens is 6. The summed E-state index contributed by atoms with van der Waals surface area (Å²) < 4.78 is 81.1. The molecule has 0 spiro atoms. The van der Waals surface area contributed by atoms with Gasteiger partial charge < -0.3 is 10.2 Å². The number of alkyl halides is 6. The van der Waals surface area contributed by atoms with E-state index in [9.17, 15) is 46.1 Å². The van der Waals surface area contributed by atoms with Crippen molar-refractivity contribution in [2.45, 2.75) is 58.3 Å². The molecule has 2 unspecified atom stereocenters. The predicted molar refractivity (Wildman–Crippen MR) is 111 cm³/mol. The van der Waals surface area contributed by atoms with Gasteiger partial charge in [0, 0.05) is 11.5 Å². The van der Waals surface area contributed by atoms with E-state index in [0.29, 0.717) is 37.8 Å². The molecule has 1 saturated carbocycles. The average molecular weight is 490 g/mol. The normalized spacial score (nSPS) is 24.7. The van der Waals surface area contributed by atoms with Crippen LogP contribution in [-0.2, 0) is 21.9 Å². The third-order valence-electron chi connectivity index (χ3n) is 7.16. The average Bonchev–Trinajstić information content (AvgIpc) is 2.72. The summed E-state index contributed by atoms with van der Waals surface area (Å²) in [5.41, 5.74) is -6.36. The SMILES string of the molecule is CC1=C(C(=O)O)C(C)C(C(=O)O)(C2CCCCC2)C=C1c1ccc(C(F)(F)F)cc1C(F)(F)F. The monoisotopic (exact) mass is 490 g/mol. The van der Waals surface area contributed by atoms with Crippen molar-refractivity contribution < 1.29 is 46.1 Å². The van der Waals surface area contributed by atoms with Crippen molar-refractivity contribution in [3.63, 3.8) is 0 Å². The zero-order valence-corrected chi connectivity index (χ0v) is 18.5. The highest BCUT2D eigenvalue weighted by Gasteiger charge is 2.54. The van der Waals surface area contributed by atoms with Gasteiger partial charge in [-0.25, -0.2) is 4.79 Å². The van der Waals surface area contributed by atoms with Crippen LogP contribution in [0.2, 0.25) is 0 Å². The fourth-order valence-electron chi connectivity index (χ4n) is 5.47. The highest BCUT2D eigenvalue weighted by Crippen LogP contribution is 2.54. The second-order valence-corrected chi connectivity index (χ2v) is 8.95. The molecule has 4 nitrogen and oxygen atoms in total. The Balaban J connectivity index is 2.37. The van der Waals surface area contributed by atoms with Crippen molar-refractivity contribution in [2.75, 3.05) is 0 Å². The number of carboxylic acids is 2. The lowest BCUT2D eigenvalue weighted by Gasteiger charge is -2.45. The van der Waals surface area contributed by atoms with Gasteiger partial charge in [0.2, 0.25) is 0 Å². The Bertz CT molecular complexity index is 1060. The number of benzene rings is 1. The van der Waals surface area contributed by atoms with E-state index >= 15 is 0 Å². The summed E-state index contributed by atoms with van der Waals surface area (Å²) in [5.74, 6) is -4.43. The molecule has 186 valence electrons. The Hall–Kier alpha value is -2.78. The van der Waals surface area contributed by atoms with Gasteiger partial charge in [0.25, 0.3) is 0 Å². The van der Waals surface area contributed by atoms with Crippen LogP contribution in [0.25, 0.3) is 5.57 Å². The zero-order chi connectivity index (χ0) is 25.6. The van der Waals surface area contributed by atoms with Crippen LogP contribution < -0.4 is 0 Å². The second kappa shape index (κ2) is 8.78. The summed E-state index contributed by atoms with van der Waals surface area (Å²) in [6.45, 7) is 2.69. The first-order valence-electron chi connectivity index (χ1n) is 10.8. The molecule has 0 saturated heterocycles. The maximum Gasteiger partial charge on any atom is 0.417 e. The Morgan fingerprint density at radius 3 is 2.03 bits per heavy atom. The summed E-state index contributed by atoms with van der Waals surface area (Å²) in [4.78, 5) is 24.8. The van der Waals surface area contributed by atoms with Gasteiger partial charge in [0.05, 0.1) is 16.5 Å². The molecule has 0 aromatic heterocycles. The fraction of sp³-hybridized carbons (Fsp3) is 0.500. The number of carbonyl (C=O) groups is 2. The van der Waals surface area contributed by atoms with Crippen molar-refractivity contribution in [3.8, 4) is 0 Å². The van der Waals surface area contributed by atoms with Crippen LogP contribution in [0, 0.1) is 17.3 Å². The third kappa shape index (κ3) is 4.34. The van der Waals surface area contributed by atoms with Gasteiger partial charge in [0.15, 0.2) is 0 Å². The number of hydrogen-bond acceptors (Lipinski definition) is 2. The van der Waals surface area contributed by atoms with Gasteiger partial charge in [-0.05, 0) is 54.5 Å². The Morgan fingerprint density at radius 1 is 0.971 bits per heavy atom. The van der Waals surface area contributed by atoms with Crippen LogP contribution >= 0.6 is 0 Å². The zero-order valence-electron chi connectivity index (χ0n) is 18.5. The molecule has 1 aromatic rings. The minimum atomic E-state index is -5.19. The molecule has 3 rings (SSSR count). The number of aliphatic carboxylic acids is 2. The van der Waals surface area contributed by atoms with Crippen molar-refractivity contribution >= 4 is 17.5 Å². The summed E-state index contributed by atoms with van der Waals surface area (Å²) in [7, 11) is 0. The Labute approximate surface area is 192 Å². The van der Waals surface area contributed by atoms with Crippen molar-refractivity contribution in [1.82, 2.24) is 0 Å². The maximum absolute atomic E-state index is 13.9. The van der Waals surface area contributed by atoms with E-state index in [-0.39, 0.29) is 22.8 Å². The highest BCUT2D eigenvalue weighted by atomic mass is 19.4. The van der Waals surface area contributed by atoms with Crippen molar-refractivity contribution in [2.24, 2.45) is 17.3 Å². The molecule has 2 aliphatic rings. The Morgan fingerprint density at radius 2 is 1.56 bits per heavy atom. The molecular formula is C24H24F6O4. The molecule has 10 heteroatoms. The number of allylic oxidation sites excluding steroid dienone is 2. The van der Waals surface area contributed by atoms with Crippen LogP contribution in [0.1, 0.15) is 62.6 Å². The lowest BCUT2D eigenvalue weighted by molar-refractivity contribution is -0.153. The van der Waals surface area contributed by atoms with Crippen LogP contribution in [0.3, 0.4) is 0 Å². The standard InChI is InChI=1S/C24H24F6O4/c1-12-17(16-9-8-15(23(25,26)27)10-18(16)24(28,29)30)11-22(21(33)34,13(2)19(12)20(31)32)14-6-4-3-5-7-14/h8-11,13-14H,3-7H2,1-2H3,(H,31,32)(H,33,34). The van der Waals surface area contributed by atoms with Gasteiger partial charge in [-0.1, -0.05) is 38.3 Å². The fourth-order valence-corrected chi connectivity index (χ4v) is 5.47. The number of carboxylic acid groups (broad SMARTS) is 2. The Kier molecular flexibility index (Phi) is 6.67. The number of rotatable bonds is 4. The summed E-state index contributed by atoms with van der Waals surface area (Å²) in [6.07, 6.45) is -5.93. The van der Waals surface area contributed by atoms with E-state index in [4.69, 9.17) is 0 Å². The van der Waals surface area contributed by atoms with Crippen LogP contribution in [0.15, 0.2) is 35.4 Å². The van der Waals surface area contributed by atoms with Gasteiger partial charge >= 0.3 is 24.3 Å². The molecule has 0 aliphatic heterocycles. The van der Waals surface area contributed by atoms with Crippen molar-refractivity contribution in [3.05, 3.63) is 52.1 Å². The quantitative estimate of drug-likeness (QED) is 0.455. The maximum atomic E-state index is 13.9. The molecule has 1 fully saturated rings. The van der Waals surface area contributed by atoms with E-state index < -0.39 is 58.2 Å². The first-order valence-corrected chi connectivity index (χ1v) is 10.8. The molecule has 1 aromatic carbocycles. The van der Waals surface area contributed by atoms with Gasteiger partial charge in [-0.2, -0.15) is 26.3 Å². The lowest BCUT2D eigenvalue weighted by atomic mass is 9.57. The topological polar surface area (TPSA) is 74.6 Å². The summed E-state index contributed by atoms with van der Waals surface area (Å²) in [6, 6.07) is 1.11. The van der Waals surface area contributed by atoms with Gasteiger partial charge in [-0.3, -0.25) is 4.79 Å². The molecule has 0 amide bonds. The van der Waals surface area contributed by atoms with E-state index in [0.717, 1.165) is 12.5 Å². The first kappa shape index (κ1) is 25.8. The van der Waals surface area contributed by atoms with Crippen LogP contribution in [0.5, 0.6) is 0 Å². The van der Waals surface area contributed by atoms with E-state index in [2.05, 4.69) is 0 Å². The highest BCUT2D eigenvalue weighted by molar-refractivity contribution is 5.99. The first-order chi connectivity index (χ1) is 15.6. The second-order valence-electron chi connectivity index (χ2n) is 8.95. The predicted octanol–water partition coefficient (Wildman–Crippen LogP) is 6.81. The minimum absolute atomic E-state index is 0.0228. The molecule has 2 aliphatic carbocycles. The van der Waals surface area contributed by atoms with Crippen molar-refractivity contribution in [1.29, 1.82) is 0 Å². The third-order valence-corrected chi connectivity index (χ3v) is 7.16. The summed E-state index contributed by atoms with van der Waals surface area (Å²) in [5, 5.41) is 20.2. The minimum Gasteiger partial charge on any atom is -0.481 e. The molecule has 2 atom stereocenters. The molecule has 0 radical (unpaired) electrons. The number of hydrogen-bond donors (Lipinski definition) is 2. The smallest absolute Gasteiger partial charge is 0.417 e. The molecule has 0 heterocycles. The molecular weight excluding hydrogens is 466 g/mol. The van der Waals surface area contributed by atoms with Crippen LogP contribution in [0.4, 0.5) is 26.3 Å². The molecule has 34 heavy (non-hydrogen) atoms. The van der Waals surface area contributed by atoms with Crippen LogP contribution in [-0.4, -0.2) is 22.2 Å². The molecule has 2 N–H and O–H groups in total. The lowest BCUT2D eigenvalue weighted by Crippen LogP contribution is -2.47. The largest absolute Gasteiger partial charge is 0.481 e. The van der Waals surface area contributed by atoms with E-state index in [1.54, 1.807) is 0 Å². The molecule has 0 bridgehead atoms. The van der Waals surface area contributed by atoms with E-state index in [1.165, 1.54) is 13.8 Å². The van der Waals surface area contributed by atoms with E-state index in [1.807, 2.05) is 0 Å². The van der Waals surface area contributed by atoms with Gasteiger partial charge in [0.1, 0.15) is 0 Å². The summed E-state index contributed by atoms with van der Waals surface area (Å²) >= 11 is 0. The van der Waals surface area contributed by atoms with Gasteiger partial charge in [-0.15, -0.1) is 0 Å².